The first-order chi connectivity index (χ1) is 8.95. The van der Waals surface area contributed by atoms with Crippen molar-refractivity contribution in [3.63, 3.8) is 0 Å². The Hall–Kier alpha value is -2.24. The van der Waals surface area contributed by atoms with E-state index >= 15 is 0 Å². The Morgan fingerprint density at radius 3 is 2.74 bits per heavy atom. The molecule has 0 saturated carbocycles. The van der Waals surface area contributed by atoms with Crippen LogP contribution in [0.1, 0.15) is 13.8 Å². The summed E-state index contributed by atoms with van der Waals surface area (Å²) in [6.07, 6.45) is 3.35. The second-order valence-electron chi connectivity index (χ2n) is 4.56. The third-order valence-corrected chi connectivity index (χ3v) is 2.45. The van der Waals surface area contributed by atoms with Crippen LogP contribution in [0.5, 0.6) is 5.75 Å². The molecule has 1 heterocycles. The predicted octanol–water partition coefficient (Wildman–Crippen LogP) is 2.67. The largest absolute Gasteiger partial charge is 0.488 e. The first kappa shape index (κ1) is 13.2. The second-order valence-corrected chi connectivity index (χ2v) is 4.56. The van der Waals surface area contributed by atoms with E-state index in [2.05, 4.69) is 10.4 Å². The molecule has 19 heavy (non-hydrogen) atoms. The highest BCUT2D eigenvalue weighted by Gasteiger charge is 2.11. The van der Waals surface area contributed by atoms with Crippen molar-refractivity contribution >= 4 is 17.1 Å². The molecule has 0 amide bonds. The minimum Gasteiger partial charge on any atom is -0.488 e. The van der Waals surface area contributed by atoms with Gasteiger partial charge in [-0.2, -0.15) is 5.10 Å². The molecule has 2 aromatic rings. The quantitative estimate of drug-likeness (QED) is 0.833. The van der Waals surface area contributed by atoms with Crippen LogP contribution < -0.4 is 15.8 Å². The van der Waals surface area contributed by atoms with E-state index in [4.69, 9.17) is 10.5 Å². The molecule has 0 unspecified atom stereocenters. The van der Waals surface area contributed by atoms with Gasteiger partial charge < -0.3 is 15.8 Å². The molecule has 0 spiro atoms. The van der Waals surface area contributed by atoms with E-state index in [1.54, 1.807) is 23.1 Å². The van der Waals surface area contributed by atoms with Crippen molar-refractivity contribution in [1.29, 1.82) is 0 Å². The Morgan fingerprint density at radius 2 is 2.16 bits per heavy atom. The number of aryl methyl sites for hydroxylation is 1. The average molecular weight is 264 g/mol. The van der Waals surface area contributed by atoms with Crippen LogP contribution in [0.2, 0.25) is 0 Å². The smallest absolute Gasteiger partial charge is 0.167 e. The highest BCUT2D eigenvalue weighted by atomic mass is 19.1. The van der Waals surface area contributed by atoms with Gasteiger partial charge in [-0.3, -0.25) is 4.68 Å². The number of benzene rings is 1. The first-order valence-corrected chi connectivity index (χ1v) is 5.97. The van der Waals surface area contributed by atoms with Gasteiger partial charge in [0.25, 0.3) is 0 Å². The van der Waals surface area contributed by atoms with Crippen LogP contribution in [0.3, 0.4) is 0 Å². The number of rotatable bonds is 4. The summed E-state index contributed by atoms with van der Waals surface area (Å²) in [4.78, 5) is 0. The van der Waals surface area contributed by atoms with Gasteiger partial charge in [0.2, 0.25) is 0 Å². The predicted molar refractivity (Wildman–Crippen MR) is 73.1 cm³/mol. The minimum atomic E-state index is -0.470. The number of aromatic nitrogens is 2. The van der Waals surface area contributed by atoms with Crippen molar-refractivity contribution in [3.05, 3.63) is 30.3 Å². The molecule has 102 valence electrons. The molecule has 0 bridgehead atoms. The van der Waals surface area contributed by atoms with Crippen molar-refractivity contribution in [2.24, 2.45) is 7.05 Å². The number of halogens is 1. The van der Waals surface area contributed by atoms with Crippen LogP contribution in [-0.2, 0) is 7.05 Å². The topological polar surface area (TPSA) is 65.1 Å². The minimum absolute atomic E-state index is 0.107. The van der Waals surface area contributed by atoms with E-state index < -0.39 is 5.82 Å². The Morgan fingerprint density at radius 1 is 1.42 bits per heavy atom. The molecule has 5 nitrogen and oxygen atoms in total. The zero-order chi connectivity index (χ0) is 14.0. The normalized spacial score (nSPS) is 10.8. The van der Waals surface area contributed by atoms with Crippen LogP contribution in [0, 0.1) is 5.82 Å². The summed E-state index contributed by atoms with van der Waals surface area (Å²) in [5.41, 5.74) is 7.47. The van der Waals surface area contributed by atoms with Crippen molar-refractivity contribution in [2.45, 2.75) is 20.0 Å². The van der Waals surface area contributed by atoms with Crippen LogP contribution >= 0.6 is 0 Å². The van der Waals surface area contributed by atoms with Gasteiger partial charge in [0.15, 0.2) is 11.6 Å². The lowest BCUT2D eigenvalue weighted by molar-refractivity contribution is 0.231. The van der Waals surface area contributed by atoms with Crippen molar-refractivity contribution in [3.8, 4) is 5.75 Å². The highest BCUT2D eigenvalue weighted by molar-refractivity contribution is 5.73. The highest BCUT2D eigenvalue weighted by Crippen LogP contribution is 2.30. The molecule has 1 aromatic heterocycles. The standard InChI is InChI=1S/C13H17FN4O/c1-8(2)19-13-5-12(11(15)4-10(13)14)17-9-6-16-18(3)7-9/h4-8,17H,15H2,1-3H3. The third kappa shape index (κ3) is 3.15. The SMILES string of the molecule is CC(C)Oc1cc(Nc2cnn(C)c2)c(N)cc1F. The molecule has 3 N–H and O–H groups in total. The van der Waals surface area contributed by atoms with Crippen LogP contribution in [-0.4, -0.2) is 15.9 Å². The van der Waals surface area contributed by atoms with Gasteiger partial charge in [0, 0.05) is 25.4 Å². The van der Waals surface area contributed by atoms with E-state index in [9.17, 15) is 4.39 Å². The molecule has 0 aliphatic heterocycles. The molecular weight excluding hydrogens is 247 g/mol. The lowest BCUT2D eigenvalue weighted by Gasteiger charge is -2.14. The number of nitrogen functional groups attached to an aromatic ring is 1. The molecule has 0 radical (unpaired) electrons. The molecule has 0 atom stereocenters. The van der Waals surface area contributed by atoms with E-state index in [-0.39, 0.29) is 11.9 Å². The van der Waals surface area contributed by atoms with Gasteiger partial charge in [0.05, 0.1) is 29.4 Å². The lowest BCUT2D eigenvalue weighted by Crippen LogP contribution is -2.08. The molecule has 6 heteroatoms. The first-order valence-electron chi connectivity index (χ1n) is 5.97. The Kier molecular flexibility index (Phi) is 3.59. The third-order valence-electron chi connectivity index (χ3n) is 2.45. The van der Waals surface area contributed by atoms with Crippen LogP contribution in [0.4, 0.5) is 21.5 Å². The van der Waals surface area contributed by atoms with E-state index in [1.165, 1.54) is 6.07 Å². The summed E-state index contributed by atoms with van der Waals surface area (Å²) in [5, 5.41) is 7.12. The maximum Gasteiger partial charge on any atom is 0.167 e. The van der Waals surface area contributed by atoms with Gasteiger partial charge in [-0.25, -0.2) is 4.39 Å². The summed E-state index contributed by atoms with van der Waals surface area (Å²) in [5.74, 6) is -0.293. The number of hydrogen-bond acceptors (Lipinski definition) is 4. The summed E-state index contributed by atoms with van der Waals surface area (Å²) < 4.78 is 20.7. The monoisotopic (exact) mass is 264 g/mol. The molecule has 0 saturated heterocycles. The Labute approximate surface area is 111 Å². The van der Waals surface area contributed by atoms with Gasteiger partial charge in [0.1, 0.15) is 0 Å². The van der Waals surface area contributed by atoms with Gasteiger partial charge in [-0.1, -0.05) is 0 Å². The number of ether oxygens (including phenoxy) is 1. The fraction of sp³-hybridized carbons (Fsp3) is 0.308. The summed E-state index contributed by atoms with van der Waals surface area (Å²) >= 11 is 0. The van der Waals surface area contributed by atoms with Gasteiger partial charge in [-0.15, -0.1) is 0 Å². The summed E-state index contributed by atoms with van der Waals surface area (Å²) in [6, 6.07) is 2.80. The van der Waals surface area contributed by atoms with E-state index in [1.807, 2.05) is 20.9 Å². The fourth-order valence-electron chi connectivity index (χ4n) is 1.66. The Bertz CT molecular complexity index is 580. The van der Waals surface area contributed by atoms with Crippen molar-refractivity contribution in [1.82, 2.24) is 9.78 Å². The van der Waals surface area contributed by atoms with Gasteiger partial charge >= 0.3 is 0 Å². The molecule has 0 aliphatic rings. The maximum atomic E-state index is 13.7. The number of nitrogens with zero attached hydrogens (tertiary/aromatic N) is 2. The number of hydrogen-bond donors (Lipinski definition) is 2. The van der Waals surface area contributed by atoms with E-state index in [0.29, 0.717) is 11.4 Å². The molecule has 0 fully saturated rings. The molecule has 0 aliphatic carbocycles. The van der Waals surface area contributed by atoms with Gasteiger partial charge in [-0.05, 0) is 13.8 Å². The van der Waals surface area contributed by atoms with Crippen molar-refractivity contribution in [2.75, 3.05) is 11.1 Å². The summed E-state index contributed by atoms with van der Waals surface area (Å²) in [7, 11) is 1.81. The van der Waals surface area contributed by atoms with E-state index in [0.717, 1.165) is 5.69 Å². The molecule has 2 rings (SSSR count). The zero-order valence-corrected chi connectivity index (χ0v) is 11.1. The van der Waals surface area contributed by atoms with Crippen LogP contribution in [0.15, 0.2) is 24.5 Å². The fourth-order valence-corrected chi connectivity index (χ4v) is 1.66. The maximum absolute atomic E-state index is 13.7. The number of nitrogens with one attached hydrogen (secondary N) is 1. The summed E-state index contributed by atoms with van der Waals surface area (Å²) in [6.45, 7) is 3.67. The zero-order valence-electron chi connectivity index (χ0n) is 11.1. The Balaban J connectivity index is 2.29. The van der Waals surface area contributed by atoms with Crippen LogP contribution in [0.25, 0.3) is 0 Å². The van der Waals surface area contributed by atoms with Crippen molar-refractivity contribution < 1.29 is 9.13 Å². The average Bonchev–Trinajstić information content (AvgIpc) is 2.70. The molecule has 1 aromatic carbocycles. The molecular formula is C13H17FN4O. The number of nitrogens with two attached hydrogens (primary N) is 1. The lowest BCUT2D eigenvalue weighted by atomic mass is 10.2. The second kappa shape index (κ2) is 5.17. The number of anilines is 3.